The number of hydrogen-bond acceptors (Lipinski definition) is 13. The van der Waals surface area contributed by atoms with E-state index in [1.54, 1.807) is 6.08 Å². The van der Waals surface area contributed by atoms with Crippen LogP contribution in [0.5, 0.6) is 0 Å². The monoisotopic (exact) mass is 1200 g/mol. The molecule has 0 radical (unpaired) electrons. The molecule has 2 fully saturated rings. The number of aliphatic hydroxyl groups excluding tert-OH is 8. The van der Waals surface area contributed by atoms with Crippen molar-refractivity contribution in [1.29, 1.82) is 0 Å². The highest BCUT2D eigenvalue weighted by atomic mass is 16.7. The lowest BCUT2D eigenvalue weighted by atomic mass is 9.97. The Morgan fingerprint density at radius 3 is 1.25 bits per heavy atom. The van der Waals surface area contributed by atoms with Crippen LogP contribution in [-0.4, -0.2) is 140 Å². The van der Waals surface area contributed by atoms with Crippen LogP contribution in [-0.2, 0) is 23.7 Å². The van der Waals surface area contributed by atoms with Crippen molar-refractivity contribution >= 4 is 5.91 Å². The smallest absolute Gasteiger partial charge is 0.220 e. The summed E-state index contributed by atoms with van der Waals surface area (Å²) in [6.07, 6.45) is 60.1. The molecule has 2 saturated heterocycles. The minimum absolute atomic E-state index is 0.248. The van der Waals surface area contributed by atoms with Gasteiger partial charge in [-0.3, -0.25) is 4.79 Å². The third-order valence-electron chi connectivity index (χ3n) is 16.0. The van der Waals surface area contributed by atoms with Gasteiger partial charge < -0.3 is 65.1 Å². The quantitative estimate of drug-likeness (QED) is 0.0204. The van der Waals surface area contributed by atoms with E-state index in [1.807, 2.05) is 6.08 Å². The fraction of sp³-hybridized carbons (Fsp3) is 0.761. The Morgan fingerprint density at radius 2 is 0.812 bits per heavy atom. The first-order chi connectivity index (χ1) is 41.6. The molecule has 12 unspecified atom stereocenters. The van der Waals surface area contributed by atoms with Crippen LogP contribution in [0.1, 0.15) is 251 Å². The van der Waals surface area contributed by atoms with Crippen LogP contribution in [0.4, 0.5) is 0 Å². The summed E-state index contributed by atoms with van der Waals surface area (Å²) in [7, 11) is 0. The molecule has 0 aromatic rings. The predicted molar refractivity (Wildman–Crippen MR) is 346 cm³/mol. The predicted octanol–water partition coefficient (Wildman–Crippen LogP) is 13.4. The minimum atomic E-state index is -1.79. The van der Waals surface area contributed by atoms with E-state index in [2.05, 4.69) is 104 Å². The third-order valence-corrected chi connectivity index (χ3v) is 16.0. The molecule has 9 N–H and O–H groups in total. The SMILES string of the molecule is CC/C=C\C/C=C\C/C=C\C/C=C\C/C=C\C/C=C\C/C=C\CCCCCCCCCCCC(=O)NC(COC1OC(CO)C(OC2OC(CO)C(O)C(O)C2O)C(O)C1O)C(O)/C=C/CCCCCCCCCCCCCCCCCCCC. The number of carbonyl (C=O) groups excluding carboxylic acids is 1. The Labute approximate surface area is 515 Å². The number of ether oxygens (including phenoxy) is 4. The second-order valence-electron chi connectivity index (χ2n) is 23.6. The highest BCUT2D eigenvalue weighted by Crippen LogP contribution is 2.30. The first-order valence-electron chi connectivity index (χ1n) is 34.0. The largest absolute Gasteiger partial charge is 0.394 e. The van der Waals surface area contributed by atoms with Gasteiger partial charge in [-0.15, -0.1) is 0 Å². The van der Waals surface area contributed by atoms with Gasteiger partial charge in [0.05, 0.1) is 32.0 Å². The first kappa shape index (κ1) is 78.0. The zero-order valence-corrected chi connectivity index (χ0v) is 53.1. The molecule has 490 valence electrons. The van der Waals surface area contributed by atoms with Gasteiger partial charge in [-0.1, -0.05) is 265 Å². The maximum Gasteiger partial charge on any atom is 0.220 e. The molecule has 14 heteroatoms. The van der Waals surface area contributed by atoms with Gasteiger partial charge in [0.1, 0.15) is 48.8 Å². The molecule has 14 nitrogen and oxygen atoms in total. The fourth-order valence-corrected chi connectivity index (χ4v) is 10.6. The Kier molecular flexibility index (Phi) is 50.5. The molecule has 12 atom stereocenters. The summed E-state index contributed by atoms with van der Waals surface area (Å²) in [5.41, 5.74) is 0. The van der Waals surface area contributed by atoms with E-state index in [0.717, 1.165) is 89.9 Å². The Balaban J connectivity index is 1.70. The summed E-state index contributed by atoms with van der Waals surface area (Å²) in [5.74, 6) is -0.248. The number of amides is 1. The van der Waals surface area contributed by atoms with Gasteiger partial charge in [0.15, 0.2) is 12.6 Å². The molecule has 0 aromatic heterocycles. The van der Waals surface area contributed by atoms with E-state index in [0.29, 0.717) is 6.42 Å². The molecule has 0 saturated carbocycles. The van der Waals surface area contributed by atoms with Crippen LogP contribution < -0.4 is 5.32 Å². The number of aliphatic hydroxyl groups is 8. The topological polar surface area (TPSA) is 228 Å². The highest BCUT2D eigenvalue weighted by Gasteiger charge is 2.51. The second kappa shape index (κ2) is 55.0. The minimum Gasteiger partial charge on any atom is -0.394 e. The molecule has 0 aliphatic carbocycles. The van der Waals surface area contributed by atoms with Crippen LogP contribution in [0, 0.1) is 0 Å². The van der Waals surface area contributed by atoms with Gasteiger partial charge >= 0.3 is 0 Å². The molecular weight excluding hydrogens is 1070 g/mol. The van der Waals surface area contributed by atoms with Crippen molar-refractivity contribution in [1.82, 2.24) is 5.32 Å². The van der Waals surface area contributed by atoms with Crippen molar-refractivity contribution < 1.29 is 64.6 Å². The van der Waals surface area contributed by atoms with Crippen LogP contribution in [0.3, 0.4) is 0 Å². The summed E-state index contributed by atoms with van der Waals surface area (Å²) < 4.78 is 22.8. The van der Waals surface area contributed by atoms with Crippen molar-refractivity contribution in [3.8, 4) is 0 Å². The van der Waals surface area contributed by atoms with E-state index in [-0.39, 0.29) is 18.9 Å². The molecule has 0 spiro atoms. The maximum absolute atomic E-state index is 13.3. The normalized spacial score (nSPS) is 24.2. The van der Waals surface area contributed by atoms with Crippen molar-refractivity contribution in [3.63, 3.8) is 0 Å². The number of allylic oxidation sites excluding steroid dienone is 15. The molecule has 2 rings (SSSR count). The molecular formula is C71H123NO13. The van der Waals surface area contributed by atoms with Crippen molar-refractivity contribution in [2.24, 2.45) is 0 Å². The van der Waals surface area contributed by atoms with E-state index >= 15 is 0 Å². The van der Waals surface area contributed by atoms with E-state index in [1.165, 1.54) is 135 Å². The van der Waals surface area contributed by atoms with E-state index in [9.17, 15) is 45.6 Å². The van der Waals surface area contributed by atoms with Gasteiger partial charge in [0.2, 0.25) is 5.91 Å². The van der Waals surface area contributed by atoms with E-state index in [4.69, 9.17) is 18.9 Å². The fourth-order valence-electron chi connectivity index (χ4n) is 10.6. The zero-order chi connectivity index (χ0) is 61.6. The molecule has 0 bridgehead atoms. The van der Waals surface area contributed by atoms with E-state index < -0.39 is 86.8 Å². The number of hydrogen-bond donors (Lipinski definition) is 9. The molecule has 85 heavy (non-hydrogen) atoms. The molecule has 1 amide bonds. The highest BCUT2D eigenvalue weighted by molar-refractivity contribution is 5.76. The number of rotatable bonds is 54. The summed E-state index contributed by atoms with van der Waals surface area (Å²) >= 11 is 0. The second-order valence-corrected chi connectivity index (χ2v) is 23.6. The van der Waals surface area contributed by atoms with Crippen LogP contribution in [0.15, 0.2) is 97.2 Å². The lowest BCUT2D eigenvalue weighted by molar-refractivity contribution is -0.359. The summed E-state index contributed by atoms with van der Waals surface area (Å²) in [6, 6.07) is -0.925. The van der Waals surface area contributed by atoms with Crippen molar-refractivity contribution in [2.75, 3.05) is 19.8 Å². The van der Waals surface area contributed by atoms with Crippen LogP contribution >= 0.6 is 0 Å². The molecule has 2 aliphatic rings. The van der Waals surface area contributed by atoms with Gasteiger partial charge in [-0.05, 0) is 77.0 Å². The lowest BCUT2D eigenvalue weighted by Gasteiger charge is -2.46. The van der Waals surface area contributed by atoms with Gasteiger partial charge in [-0.25, -0.2) is 0 Å². The standard InChI is InChI=1S/C71H123NO13/c1-3-5-7-9-11-13-15-17-19-21-23-25-26-27-28-29-30-31-32-33-34-35-37-39-41-43-45-47-49-51-53-55-63(76)72-59(60(75)54-52-50-48-46-44-42-40-38-36-24-22-20-18-16-14-12-10-8-6-4-2)58-82-70-68(81)66(79)69(62(57-74)84-70)85-71-67(80)65(78)64(77)61(56-73)83-71/h5,7,11,13,17,19,23,25,27-28,30-31,33-34,52,54,59-62,64-71,73-75,77-81H,3-4,6,8-10,12,14-16,18,20-22,24,26,29,32,35-51,53,55-58H2,1-2H3,(H,72,76)/b7-5-,13-11-,19-17-,25-23-,28-27-,31-30-,34-33-,54-52+. The Hall–Kier alpha value is -3.09. The first-order valence-corrected chi connectivity index (χ1v) is 34.0. The summed E-state index contributed by atoms with van der Waals surface area (Å²) in [4.78, 5) is 13.3. The number of nitrogens with one attached hydrogen (secondary N) is 1. The zero-order valence-electron chi connectivity index (χ0n) is 53.1. The number of carbonyl (C=O) groups is 1. The molecule has 2 aliphatic heterocycles. The molecule has 0 aromatic carbocycles. The maximum atomic E-state index is 13.3. The van der Waals surface area contributed by atoms with Crippen molar-refractivity contribution in [3.05, 3.63) is 97.2 Å². The molecule has 2 heterocycles. The number of unbranched alkanes of at least 4 members (excludes halogenated alkanes) is 27. The van der Waals surface area contributed by atoms with Crippen LogP contribution in [0.25, 0.3) is 0 Å². The third kappa shape index (κ3) is 39.5. The average molecular weight is 1200 g/mol. The average Bonchev–Trinajstić information content (AvgIpc) is 3.68. The Bertz CT molecular complexity index is 1800. The Morgan fingerprint density at radius 1 is 0.435 bits per heavy atom. The summed E-state index contributed by atoms with van der Waals surface area (Å²) in [6.45, 7) is 2.69. The summed E-state index contributed by atoms with van der Waals surface area (Å²) in [5, 5.41) is 87.4. The van der Waals surface area contributed by atoms with Gasteiger partial charge in [0, 0.05) is 6.42 Å². The van der Waals surface area contributed by atoms with Crippen molar-refractivity contribution in [2.45, 2.75) is 325 Å². The van der Waals surface area contributed by atoms with Crippen LogP contribution in [0.2, 0.25) is 0 Å². The van der Waals surface area contributed by atoms with Gasteiger partial charge in [-0.2, -0.15) is 0 Å². The van der Waals surface area contributed by atoms with Gasteiger partial charge in [0.25, 0.3) is 0 Å². The lowest BCUT2D eigenvalue weighted by Crippen LogP contribution is -2.65.